The summed E-state index contributed by atoms with van der Waals surface area (Å²) in [5.41, 5.74) is 0.604. The van der Waals surface area contributed by atoms with Gasteiger partial charge in [0.25, 0.3) is 0 Å². The Morgan fingerprint density at radius 1 is 0.977 bits per heavy atom. The van der Waals surface area contributed by atoms with Crippen LogP contribution < -0.4 is 26.0 Å². The third-order valence-electron chi connectivity index (χ3n) is 6.73. The van der Waals surface area contributed by atoms with Gasteiger partial charge in [0.15, 0.2) is 17.3 Å². The third-order valence-corrected chi connectivity index (χ3v) is 6.73. The molecule has 6 aromatic rings. The van der Waals surface area contributed by atoms with Gasteiger partial charge in [-0.3, -0.25) is 14.7 Å². The van der Waals surface area contributed by atoms with Gasteiger partial charge in [-0.1, -0.05) is 0 Å². The van der Waals surface area contributed by atoms with Crippen LogP contribution in [-0.4, -0.2) is 34.4 Å². The molecule has 12 nitrogen and oxygen atoms in total. The van der Waals surface area contributed by atoms with Crippen LogP contribution in [0.2, 0.25) is 0 Å². The largest absolute Gasteiger partial charge is 0.452 e. The molecule has 0 spiro atoms. The number of pyridine rings is 1. The van der Waals surface area contributed by atoms with Gasteiger partial charge in [-0.25, -0.2) is 32.4 Å². The van der Waals surface area contributed by atoms with Gasteiger partial charge in [0.1, 0.15) is 11.3 Å². The molecule has 0 fully saturated rings. The number of carbonyl (C=O) groups excluding carboxylic acids is 1. The summed E-state index contributed by atoms with van der Waals surface area (Å²) in [6, 6.07) is 11.9. The molecule has 0 aliphatic carbocycles. The van der Waals surface area contributed by atoms with Crippen LogP contribution in [0.3, 0.4) is 0 Å². The van der Waals surface area contributed by atoms with Crippen LogP contribution in [0.4, 0.5) is 19.3 Å². The summed E-state index contributed by atoms with van der Waals surface area (Å²) in [4.78, 5) is 42.7. The number of fused-ring (bicyclic) bond motifs is 1. The smallest absolute Gasteiger partial charge is 0.417 e. The lowest BCUT2D eigenvalue weighted by Gasteiger charge is -2.13. The predicted molar refractivity (Wildman–Crippen MR) is 155 cm³/mol. The number of ether oxygens (including phenoxy) is 2. The first-order chi connectivity index (χ1) is 21.2. The molecule has 0 unspecified atom stereocenters. The SMILES string of the molecule is CCn1cc(OC(=O)Nc2ccc(Oc3cc(-c4cncn4C)cn4nccc34)c(F)c2)c(=O)n(-c2ccc(F)cc2)c1=O. The van der Waals surface area contributed by atoms with Gasteiger partial charge in [-0.2, -0.15) is 5.10 Å². The summed E-state index contributed by atoms with van der Waals surface area (Å²) >= 11 is 0. The normalized spacial score (nSPS) is 11.1. The molecule has 222 valence electrons. The number of nitrogens with zero attached hydrogens (tertiary/aromatic N) is 6. The van der Waals surface area contributed by atoms with Crippen molar-refractivity contribution >= 4 is 17.3 Å². The zero-order valence-electron chi connectivity index (χ0n) is 23.3. The van der Waals surface area contributed by atoms with Crippen molar-refractivity contribution in [3.05, 3.63) is 118 Å². The van der Waals surface area contributed by atoms with Crippen molar-refractivity contribution in [2.75, 3.05) is 5.32 Å². The minimum atomic E-state index is -1.10. The van der Waals surface area contributed by atoms with E-state index in [9.17, 15) is 18.8 Å². The van der Waals surface area contributed by atoms with E-state index in [1.165, 1.54) is 24.3 Å². The minimum absolute atomic E-state index is 0.0145. The summed E-state index contributed by atoms with van der Waals surface area (Å²) in [5, 5.41) is 6.63. The molecule has 4 heterocycles. The van der Waals surface area contributed by atoms with E-state index in [0.717, 1.165) is 44.8 Å². The molecule has 0 saturated heterocycles. The molecular formula is C30H23F2N7O5. The predicted octanol–water partition coefficient (Wildman–Crippen LogP) is 4.75. The lowest BCUT2D eigenvalue weighted by atomic mass is 10.2. The quantitative estimate of drug-likeness (QED) is 0.281. The number of rotatable bonds is 7. The van der Waals surface area contributed by atoms with Crippen LogP contribution in [0.15, 0.2) is 95.3 Å². The summed E-state index contributed by atoms with van der Waals surface area (Å²) in [6.07, 6.45) is 6.72. The van der Waals surface area contributed by atoms with Crippen LogP contribution in [0.5, 0.6) is 17.2 Å². The van der Waals surface area contributed by atoms with Crippen LogP contribution >= 0.6 is 0 Å². The van der Waals surface area contributed by atoms with Crippen molar-refractivity contribution in [1.29, 1.82) is 0 Å². The lowest BCUT2D eigenvalue weighted by molar-refractivity contribution is 0.213. The van der Waals surface area contributed by atoms with Crippen molar-refractivity contribution in [3.8, 4) is 34.2 Å². The van der Waals surface area contributed by atoms with E-state index in [2.05, 4.69) is 15.4 Å². The van der Waals surface area contributed by atoms with E-state index >= 15 is 4.39 Å². The standard InChI is InChI=1S/C30H23F2N7O5/c1-3-37-16-27(28(40)39(30(37)42)21-7-4-19(31)5-8-21)44-29(41)35-20-6-9-25(22(32)13-20)43-26-12-18(24-14-33-17-36(24)2)15-38-23(26)10-11-34-38/h4-17H,3H2,1-2H3,(H,35,41). The number of nitrogens with one attached hydrogen (secondary N) is 1. The van der Waals surface area contributed by atoms with Gasteiger partial charge in [0.05, 0.1) is 36.3 Å². The zero-order chi connectivity index (χ0) is 31.0. The van der Waals surface area contributed by atoms with E-state index in [1.807, 2.05) is 11.6 Å². The highest BCUT2D eigenvalue weighted by Gasteiger charge is 2.18. The first-order valence-electron chi connectivity index (χ1n) is 13.2. The molecule has 0 aliphatic heterocycles. The van der Waals surface area contributed by atoms with Crippen LogP contribution in [0.1, 0.15) is 6.92 Å². The fraction of sp³-hybridized carbons (Fsp3) is 0.100. The van der Waals surface area contributed by atoms with E-state index < -0.39 is 34.7 Å². The second-order valence-corrected chi connectivity index (χ2v) is 9.58. The number of amides is 1. The summed E-state index contributed by atoms with van der Waals surface area (Å²) in [6.45, 7) is 1.81. The second kappa shape index (κ2) is 11.3. The molecule has 14 heteroatoms. The van der Waals surface area contributed by atoms with Crippen LogP contribution in [0.25, 0.3) is 22.5 Å². The molecular weight excluding hydrogens is 576 g/mol. The topological polar surface area (TPSA) is 127 Å². The van der Waals surface area contributed by atoms with Gasteiger partial charge in [0, 0.05) is 37.1 Å². The van der Waals surface area contributed by atoms with E-state index in [4.69, 9.17) is 9.47 Å². The number of imidazole rings is 1. The summed E-state index contributed by atoms with van der Waals surface area (Å²) in [5.74, 6) is -1.59. The Morgan fingerprint density at radius 3 is 2.48 bits per heavy atom. The maximum Gasteiger partial charge on any atom is 0.417 e. The lowest BCUT2D eigenvalue weighted by Crippen LogP contribution is -2.39. The Bertz CT molecular complexity index is 2150. The Hall–Kier alpha value is -6.05. The monoisotopic (exact) mass is 599 g/mol. The first-order valence-corrected chi connectivity index (χ1v) is 13.2. The Balaban J connectivity index is 1.23. The Morgan fingerprint density at radius 2 is 1.77 bits per heavy atom. The van der Waals surface area contributed by atoms with E-state index in [-0.39, 0.29) is 23.7 Å². The molecule has 0 atom stereocenters. The number of carbonyl (C=O) groups is 1. The third kappa shape index (κ3) is 5.31. The number of aromatic nitrogens is 6. The first kappa shape index (κ1) is 28.1. The maximum absolute atomic E-state index is 15.2. The molecule has 6 rings (SSSR count). The molecule has 1 N–H and O–H groups in total. The zero-order valence-corrected chi connectivity index (χ0v) is 23.3. The fourth-order valence-corrected chi connectivity index (χ4v) is 4.57. The molecule has 1 amide bonds. The average molecular weight is 600 g/mol. The Labute approximate surface area is 247 Å². The van der Waals surface area contributed by atoms with Crippen molar-refractivity contribution in [2.45, 2.75) is 13.5 Å². The van der Waals surface area contributed by atoms with Crippen molar-refractivity contribution < 1.29 is 23.0 Å². The van der Waals surface area contributed by atoms with E-state index in [1.54, 1.807) is 48.5 Å². The molecule has 4 aromatic heterocycles. The maximum atomic E-state index is 15.2. The number of benzene rings is 2. The minimum Gasteiger partial charge on any atom is -0.452 e. The number of hydrogen-bond acceptors (Lipinski definition) is 7. The van der Waals surface area contributed by atoms with Crippen molar-refractivity contribution in [2.24, 2.45) is 7.05 Å². The Kier molecular flexibility index (Phi) is 7.23. The number of hydrogen-bond donors (Lipinski definition) is 1. The highest BCUT2D eigenvalue weighted by Crippen LogP contribution is 2.33. The summed E-state index contributed by atoms with van der Waals surface area (Å²) in [7, 11) is 1.84. The fourth-order valence-electron chi connectivity index (χ4n) is 4.57. The van der Waals surface area contributed by atoms with Gasteiger partial charge >= 0.3 is 17.3 Å². The highest BCUT2D eigenvalue weighted by atomic mass is 19.1. The van der Waals surface area contributed by atoms with Crippen LogP contribution in [-0.2, 0) is 13.6 Å². The molecule has 0 bridgehead atoms. The molecule has 2 aromatic carbocycles. The number of halogens is 2. The number of anilines is 1. The molecule has 0 aliphatic rings. The van der Waals surface area contributed by atoms with Gasteiger partial charge in [-0.15, -0.1) is 0 Å². The molecule has 0 radical (unpaired) electrons. The number of aryl methyl sites for hydroxylation is 2. The molecule has 0 saturated carbocycles. The van der Waals surface area contributed by atoms with Crippen LogP contribution in [0, 0.1) is 11.6 Å². The summed E-state index contributed by atoms with van der Waals surface area (Å²) < 4.78 is 45.1. The highest BCUT2D eigenvalue weighted by molar-refractivity contribution is 5.86. The van der Waals surface area contributed by atoms with Crippen molar-refractivity contribution in [1.82, 2.24) is 28.3 Å². The second-order valence-electron chi connectivity index (χ2n) is 9.58. The van der Waals surface area contributed by atoms with Gasteiger partial charge in [-0.05, 0) is 55.5 Å². The average Bonchev–Trinajstić information content (AvgIpc) is 3.66. The van der Waals surface area contributed by atoms with Gasteiger partial charge in [0.2, 0.25) is 5.75 Å². The van der Waals surface area contributed by atoms with E-state index in [0.29, 0.717) is 11.3 Å². The van der Waals surface area contributed by atoms with Gasteiger partial charge < -0.3 is 14.0 Å². The molecule has 44 heavy (non-hydrogen) atoms. The van der Waals surface area contributed by atoms with Crippen molar-refractivity contribution in [3.63, 3.8) is 0 Å².